The smallest absolute Gasteiger partial charge is 0.325 e. The van der Waals surface area contributed by atoms with Gasteiger partial charge in [-0.2, -0.15) is 0 Å². The second kappa shape index (κ2) is 9.52. The Bertz CT molecular complexity index is 826. The summed E-state index contributed by atoms with van der Waals surface area (Å²) >= 11 is 0. The fraction of sp³-hybridized carbons (Fsp3) is 0.286. The van der Waals surface area contributed by atoms with Gasteiger partial charge in [0.25, 0.3) is 11.8 Å². The zero-order chi connectivity index (χ0) is 19.8. The van der Waals surface area contributed by atoms with Crippen molar-refractivity contribution in [1.29, 1.82) is 0 Å². The molecule has 0 bridgehead atoms. The summed E-state index contributed by atoms with van der Waals surface area (Å²) in [6, 6.07) is 13.1. The summed E-state index contributed by atoms with van der Waals surface area (Å²) in [7, 11) is 0. The van der Waals surface area contributed by atoms with Crippen molar-refractivity contribution in [1.82, 2.24) is 10.6 Å². The van der Waals surface area contributed by atoms with Crippen LogP contribution < -0.4 is 10.6 Å². The van der Waals surface area contributed by atoms with Gasteiger partial charge in [0.1, 0.15) is 6.54 Å². The highest BCUT2D eigenvalue weighted by Gasteiger charge is 2.11. The predicted molar refractivity (Wildman–Crippen MR) is 102 cm³/mol. The third kappa shape index (κ3) is 6.58. The normalized spacial score (nSPS) is 10.2. The van der Waals surface area contributed by atoms with E-state index in [2.05, 4.69) is 10.6 Å². The van der Waals surface area contributed by atoms with Crippen molar-refractivity contribution in [2.24, 2.45) is 0 Å². The molecule has 0 radical (unpaired) electrons. The molecule has 0 fully saturated rings. The van der Waals surface area contributed by atoms with Gasteiger partial charge >= 0.3 is 5.97 Å². The van der Waals surface area contributed by atoms with Crippen LogP contribution in [-0.4, -0.2) is 30.9 Å². The Hall–Kier alpha value is -3.15. The summed E-state index contributed by atoms with van der Waals surface area (Å²) < 4.78 is 4.89. The molecule has 0 aliphatic carbocycles. The van der Waals surface area contributed by atoms with Gasteiger partial charge in [0, 0.05) is 12.1 Å². The fourth-order valence-corrected chi connectivity index (χ4v) is 2.61. The van der Waals surface area contributed by atoms with Gasteiger partial charge in [-0.25, -0.2) is 0 Å². The lowest BCUT2D eigenvalue weighted by atomic mass is 10.1. The molecule has 2 N–H and O–H groups in total. The Morgan fingerprint density at radius 1 is 0.926 bits per heavy atom. The van der Waals surface area contributed by atoms with E-state index in [-0.39, 0.29) is 19.1 Å². The molecule has 142 valence electrons. The van der Waals surface area contributed by atoms with Crippen molar-refractivity contribution in [3.63, 3.8) is 0 Å². The topological polar surface area (TPSA) is 84.5 Å². The third-order valence-electron chi connectivity index (χ3n) is 3.98. The van der Waals surface area contributed by atoms with E-state index >= 15 is 0 Å². The van der Waals surface area contributed by atoms with Crippen LogP contribution in [0.5, 0.6) is 0 Å². The van der Waals surface area contributed by atoms with Gasteiger partial charge in [0.15, 0.2) is 6.61 Å². The molecule has 0 aliphatic rings. The number of esters is 1. The molecule has 0 aromatic heterocycles. The number of nitrogens with one attached hydrogen (secondary N) is 2. The largest absolute Gasteiger partial charge is 0.454 e. The maximum Gasteiger partial charge on any atom is 0.325 e. The standard InChI is InChI=1S/C21H24N2O4/c1-14-8-15(2)10-18(9-14)21(26)23-12-20(25)27-13-19(24)22-11-17-7-5-4-6-16(17)3/h4-10H,11-13H2,1-3H3,(H,22,24)(H,23,26). The number of carbonyl (C=O) groups excluding carboxylic acids is 3. The van der Waals surface area contributed by atoms with E-state index in [9.17, 15) is 14.4 Å². The molecule has 2 rings (SSSR count). The Morgan fingerprint density at radius 3 is 2.26 bits per heavy atom. The minimum Gasteiger partial charge on any atom is -0.454 e. The van der Waals surface area contributed by atoms with Crippen LogP contribution in [0.3, 0.4) is 0 Å². The Kier molecular flexibility index (Phi) is 7.11. The van der Waals surface area contributed by atoms with E-state index in [4.69, 9.17) is 4.74 Å². The molecule has 0 unspecified atom stereocenters. The van der Waals surface area contributed by atoms with Crippen molar-refractivity contribution in [2.75, 3.05) is 13.2 Å². The highest BCUT2D eigenvalue weighted by molar-refractivity contribution is 5.96. The van der Waals surface area contributed by atoms with Crippen LogP contribution >= 0.6 is 0 Å². The number of rotatable bonds is 7. The number of aryl methyl sites for hydroxylation is 3. The molecule has 0 aliphatic heterocycles. The van der Waals surface area contributed by atoms with E-state index in [0.29, 0.717) is 12.1 Å². The second-order valence-electron chi connectivity index (χ2n) is 6.42. The number of benzene rings is 2. The average molecular weight is 368 g/mol. The molecule has 0 heterocycles. The highest BCUT2D eigenvalue weighted by atomic mass is 16.5. The van der Waals surface area contributed by atoms with Crippen LogP contribution in [0, 0.1) is 20.8 Å². The molecule has 2 aromatic carbocycles. The first-order valence-electron chi connectivity index (χ1n) is 8.68. The van der Waals surface area contributed by atoms with Crippen LogP contribution in [0.15, 0.2) is 42.5 Å². The molecular formula is C21H24N2O4. The molecule has 0 atom stereocenters. The van der Waals surface area contributed by atoms with E-state index in [1.54, 1.807) is 12.1 Å². The Balaban J connectivity index is 1.71. The minimum atomic E-state index is -0.668. The molecule has 2 aromatic rings. The first kappa shape index (κ1) is 20.2. The number of hydrogen-bond acceptors (Lipinski definition) is 4. The molecule has 0 spiro atoms. The fourth-order valence-electron chi connectivity index (χ4n) is 2.61. The van der Waals surface area contributed by atoms with Crippen molar-refractivity contribution in [2.45, 2.75) is 27.3 Å². The summed E-state index contributed by atoms with van der Waals surface area (Å²) in [5, 5.41) is 5.19. The maximum atomic E-state index is 12.1. The Labute approximate surface area is 158 Å². The summed E-state index contributed by atoms with van der Waals surface area (Å²) in [4.78, 5) is 35.6. The third-order valence-corrected chi connectivity index (χ3v) is 3.98. The first-order chi connectivity index (χ1) is 12.8. The second-order valence-corrected chi connectivity index (χ2v) is 6.42. The lowest BCUT2D eigenvalue weighted by molar-refractivity contribution is -0.147. The summed E-state index contributed by atoms with van der Waals surface area (Å²) in [6.07, 6.45) is 0. The van der Waals surface area contributed by atoms with Crippen molar-refractivity contribution < 1.29 is 19.1 Å². The zero-order valence-corrected chi connectivity index (χ0v) is 15.8. The van der Waals surface area contributed by atoms with Gasteiger partial charge in [-0.3, -0.25) is 14.4 Å². The maximum absolute atomic E-state index is 12.1. The molecule has 0 saturated carbocycles. The van der Waals surface area contributed by atoms with E-state index < -0.39 is 11.9 Å². The van der Waals surface area contributed by atoms with E-state index in [1.165, 1.54) is 0 Å². The summed E-state index contributed by atoms with van der Waals surface area (Å²) in [5.41, 5.74) is 4.49. The van der Waals surface area contributed by atoms with Crippen molar-refractivity contribution in [3.8, 4) is 0 Å². The quantitative estimate of drug-likeness (QED) is 0.734. The van der Waals surface area contributed by atoms with Crippen molar-refractivity contribution >= 4 is 17.8 Å². The van der Waals surface area contributed by atoms with Crippen molar-refractivity contribution in [3.05, 3.63) is 70.3 Å². The molecular weight excluding hydrogens is 344 g/mol. The van der Waals surface area contributed by atoms with Gasteiger partial charge < -0.3 is 15.4 Å². The van der Waals surface area contributed by atoms with E-state index in [1.807, 2.05) is 51.1 Å². The number of carbonyl (C=O) groups is 3. The van der Waals surface area contributed by atoms with Gasteiger partial charge in [-0.15, -0.1) is 0 Å². The van der Waals surface area contributed by atoms with Crippen LogP contribution in [-0.2, 0) is 20.9 Å². The lowest BCUT2D eigenvalue weighted by Crippen LogP contribution is -2.33. The predicted octanol–water partition coefficient (Wildman–Crippen LogP) is 2.20. The van der Waals surface area contributed by atoms with Crippen LogP contribution in [0.1, 0.15) is 32.6 Å². The van der Waals surface area contributed by atoms with Crippen LogP contribution in [0.4, 0.5) is 0 Å². The van der Waals surface area contributed by atoms with Gasteiger partial charge in [-0.1, -0.05) is 41.5 Å². The number of ether oxygens (including phenoxy) is 1. The van der Waals surface area contributed by atoms with E-state index in [0.717, 1.165) is 22.3 Å². The molecule has 6 nitrogen and oxygen atoms in total. The molecule has 27 heavy (non-hydrogen) atoms. The zero-order valence-electron chi connectivity index (χ0n) is 15.8. The first-order valence-corrected chi connectivity index (χ1v) is 8.68. The average Bonchev–Trinajstić information content (AvgIpc) is 2.63. The minimum absolute atomic E-state index is 0.295. The molecule has 6 heteroatoms. The molecule has 2 amide bonds. The van der Waals surface area contributed by atoms with Crippen LogP contribution in [0.25, 0.3) is 0 Å². The monoisotopic (exact) mass is 368 g/mol. The number of hydrogen-bond donors (Lipinski definition) is 2. The SMILES string of the molecule is Cc1cc(C)cc(C(=O)NCC(=O)OCC(=O)NCc2ccccc2C)c1. The highest BCUT2D eigenvalue weighted by Crippen LogP contribution is 2.08. The van der Waals surface area contributed by atoms with Gasteiger partial charge in [-0.05, 0) is 44.0 Å². The van der Waals surface area contributed by atoms with Gasteiger partial charge in [0.2, 0.25) is 0 Å². The summed E-state index contributed by atoms with van der Waals surface area (Å²) in [6.45, 7) is 5.44. The Morgan fingerprint density at radius 2 is 1.59 bits per heavy atom. The summed E-state index contributed by atoms with van der Waals surface area (Å²) in [5.74, 6) is -1.42. The number of amides is 2. The lowest BCUT2D eigenvalue weighted by Gasteiger charge is -2.09. The van der Waals surface area contributed by atoms with Gasteiger partial charge in [0.05, 0.1) is 0 Å². The molecule has 0 saturated heterocycles. The van der Waals surface area contributed by atoms with Crippen LogP contribution in [0.2, 0.25) is 0 Å².